The maximum Gasteiger partial charge on any atom is 4.00 e. The first-order chi connectivity index (χ1) is 6.13. The van der Waals surface area contributed by atoms with Crippen LogP contribution in [0.2, 0.25) is 0 Å². The minimum atomic E-state index is -1.43. The van der Waals surface area contributed by atoms with Crippen LogP contribution in [0.3, 0.4) is 0 Å². The van der Waals surface area contributed by atoms with Gasteiger partial charge in [-0.15, -0.1) is 4.91 Å². The van der Waals surface area contributed by atoms with Crippen molar-refractivity contribution in [2.24, 2.45) is 5.34 Å². The fourth-order valence-electron chi connectivity index (χ4n) is 0.635. The molecule has 108 valence electrons. The van der Waals surface area contributed by atoms with Crippen molar-refractivity contribution < 1.29 is 66.1 Å². The van der Waals surface area contributed by atoms with Crippen molar-refractivity contribution in [3.63, 3.8) is 0 Å². The summed E-state index contributed by atoms with van der Waals surface area (Å²) in [6.45, 7) is 0. The van der Waals surface area contributed by atoms with Crippen LogP contribution < -0.4 is 47.3 Å². The van der Waals surface area contributed by atoms with E-state index in [9.17, 15) is 15.0 Å². The molecule has 7 N–H and O–H groups in total. The van der Waals surface area contributed by atoms with E-state index in [1.54, 1.807) is 0 Å². The Morgan fingerprint density at radius 1 is 1.17 bits per heavy atom. The molecule has 0 radical (unpaired) electrons. The number of carbonyl (C=O) groups excluding carboxylic acids is 1. The van der Waals surface area contributed by atoms with Crippen molar-refractivity contribution in [3.05, 3.63) is 34.7 Å². The van der Waals surface area contributed by atoms with Crippen molar-refractivity contribution in [1.29, 1.82) is 0 Å². The second kappa shape index (κ2) is 21.4. The Morgan fingerprint density at radius 2 is 1.50 bits per heavy atom. The van der Waals surface area contributed by atoms with E-state index in [4.69, 9.17) is 10.1 Å². The van der Waals surface area contributed by atoms with Crippen LogP contribution in [-0.4, -0.2) is 11.2 Å². The van der Waals surface area contributed by atoms with Crippen LogP contribution in [0.25, 0.3) is 0 Å². The summed E-state index contributed by atoms with van der Waals surface area (Å²) < 4.78 is 0. The van der Waals surface area contributed by atoms with Gasteiger partial charge >= 0.3 is 21.1 Å². The van der Waals surface area contributed by atoms with Crippen LogP contribution in [0.4, 0.5) is 0 Å². The van der Waals surface area contributed by atoms with Crippen molar-refractivity contribution in [2.75, 3.05) is 0 Å². The van der Waals surface area contributed by atoms with Crippen molar-refractivity contribution in [3.8, 4) is 5.75 Å². The Morgan fingerprint density at radius 3 is 1.72 bits per heavy atom. The average Bonchev–Trinajstić information content (AvgIpc) is 2.06. The largest absolute Gasteiger partial charge is 4.00 e. The zero-order valence-electron chi connectivity index (χ0n) is 8.82. The van der Waals surface area contributed by atoms with E-state index in [0.29, 0.717) is 0 Å². The third-order valence-electron chi connectivity index (χ3n) is 1.11. The number of carboxylic acids is 1. The van der Waals surface area contributed by atoms with Crippen LogP contribution >= 0.6 is 0 Å². The number of carbonyl (C=O) groups is 1. The molecule has 1 aromatic carbocycles. The number of para-hydroxylation sites is 1. The van der Waals surface area contributed by atoms with Gasteiger partial charge in [-0.25, -0.2) is 0 Å². The molecule has 0 heterocycles. The number of nitrogens with zero attached hydrogens (tertiary/aromatic N) is 1. The van der Waals surface area contributed by atoms with Crippen LogP contribution in [0.1, 0.15) is 10.4 Å². The van der Waals surface area contributed by atoms with Crippen LogP contribution in [0.15, 0.2) is 29.6 Å². The molecule has 11 heteroatoms. The second-order valence-electron chi connectivity index (χ2n) is 1.87. The predicted octanol–water partition coefficient (Wildman–Crippen LogP) is -6.40. The maximum absolute atomic E-state index is 10.6. The molecule has 0 aromatic heterocycles. The Kier molecular flexibility index (Phi) is 42.7. The molecule has 0 aliphatic heterocycles. The Balaban J connectivity index is -0.0000000415. The zero-order valence-corrected chi connectivity index (χ0v) is 12.6. The molecule has 0 fully saturated rings. The minimum absolute atomic E-state index is 0. The normalized spacial score (nSPS) is 5.78. The standard InChI is InChI=1S/C7H6O3.2ClH.HNO2.2H3N.Pt/c8-6-4-2-1-3-5(6)7(9)10;;;2-1-3;;;/h1-4,8H,(H,9,10);2*1H;(H,2,3);2*1H3;/q;;;;;;+4/p-4. The van der Waals surface area contributed by atoms with E-state index >= 15 is 0 Å². The van der Waals surface area contributed by atoms with Crippen molar-refractivity contribution in [2.45, 2.75) is 0 Å². The number of hydrogen-bond donors (Lipinski definition) is 3. The van der Waals surface area contributed by atoms with Crippen LogP contribution in [0.5, 0.6) is 5.75 Å². The van der Waals surface area contributed by atoms with Gasteiger partial charge in [0, 0.05) is 0 Å². The molecule has 0 amide bonds. The van der Waals surface area contributed by atoms with Gasteiger partial charge < -0.3 is 57.3 Å². The van der Waals surface area contributed by atoms with Gasteiger partial charge in [0.2, 0.25) is 0 Å². The first-order valence-electron chi connectivity index (χ1n) is 3.07. The van der Waals surface area contributed by atoms with Crippen molar-refractivity contribution >= 4 is 5.97 Å². The van der Waals surface area contributed by atoms with E-state index in [1.165, 1.54) is 29.6 Å². The molecular formula is C7H11Cl2N3O5Pt. The van der Waals surface area contributed by atoms with E-state index in [-0.39, 0.29) is 63.7 Å². The summed E-state index contributed by atoms with van der Waals surface area (Å²) >= 11 is 0. The van der Waals surface area contributed by atoms with Crippen molar-refractivity contribution in [1.82, 2.24) is 12.3 Å². The SMILES string of the molecule is N.N.O=C([O-])c1ccccc1[O-].O=NO.[Cl-].[Cl-].[Pt+4]. The molecule has 0 atom stereocenters. The van der Waals surface area contributed by atoms with Gasteiger partial charge in [-0.05, 0) is 5.56 Å². The van der Waals surface area contributed by atoms with Gasteiger partial charge in [0.05, 0.1) is 5.97 Å². The Hall–Kier alpha value is -0.922. The molecular weight excluding hydrogens is 472 g/mol. The quantitative estimate of drug-likeness (QED) is 0.262. The molecule has 1 rings (SSSR count). The van der Waals surface area contributed by atoms with Gasteiger partial charge in [-0.2, -0.15) is 0 Å². The van der Waals surface area contributed by atoms with Gasteiger partial charge in [0.1, 0.15) is 0 Å². The molecule has 1 aromatic rings. The van der Waals surface area contributed by atoms with Crippen LogP contribution in [-0.2, 0) is 21.1 Å². The monoisotopic (exact) mass is 482 g/mol. The zero-order chi connectivity index (χ0) is 10.3. The number of carboxylic acid groups (broad SMARTS) is 1. The van der Waals surface area contributed by atoms with Gasteiger partial charge in [0.25, 0.3) is 0 Å². The van der Waals surface area contributed by atoms with E-state index in [0.717, 1.165) is 0 Å². The fraction of sp³-hybridized carbons (Fsp3) is 0. The molecule has 0 bridgehead atoms. The molecule has 0 aliphatic carbocycles. The predicted molar refractivity (Wildman–Crippen MR) is 47.8 cm³/mol. The summed E-state index contributed by atoms with van der Waals surface area (Å²) in [4.78, 5) is 18.2. The Bertz CT molecular complexity index is 319. The summed E-state index contributed by atoms with van der Waals surface area (Å²) in [6.07, 6.45) is 0. The molecule has 0 saturated carbocycles. The first-order valence-corrected chi connectivity index (χ1v) is 3.07. The van der Waals surface area contributed by atoms with Gasteiger partial charge in [-0.3, -0.25) is 0 Å². The topological polar surface area (TPSA) is 183 Å². The summed E-state index contributed by atoms with van der Waals surface area (Å²) in [5.41, 5.74) is -0.289. The Labute approximate surface area is 130 Å². The third-order valence-corrected chi connectivity index (χ3v) is 1.11. The molecule has 0 aliphatic rings. The number of hydrogen-bond acceptors (Lipinski definition) is 7. The first kappa shape index (κ1) is 36.0. The van der Waals surface area contributed by atoms with E-state index < -0.39 is 11.7 Å². The third kappa shape index (κ3) is 15.1. The smallest absolute Gasteiger partial charge is 1.00 e. The summed E-state index contributed by atoms with van der Waals surface area (Å²) in [6, 6.07) is 5.37. The summed E-state index contributed by atoms with van der Waals surface area (Å²) in [7, 11) is 0. The number of aromatic carboxylic acids is 1. The van der Waals surface area contributed by atoms with Crippen LogP contribution in [0, 0.1) is 4.91 Å². The summed E-state index contributed by atoms with van der Waals surface area (Å²) in [5, 5.41) is 28.6. The number of rotatable bonds is 1. The maximum atomic E-state index is 10.6. The second-order valence-corrected chi connectivity index (χ2v) is 1.87. The summed E-state index contributed by atoms with van der Waals surface area (Å²) in [5.74, 6) is -1.94. The van der Waals surface area contributed by atoms with Gasteiger partial charge in [-0.1, -0.05) is 30.0 Å². The molecule has 18 heavy (non-hydrogen) atoms. The number of halogens is 2. The number of benzene rings is 1. The molecule has 0 spiro atoms. The minimum Gasteiger partial charge on any atom is -1.00 e. The molecule has 0 unspecified atom stereocenters. The molecule has 8 nitrogen and oxygen atoms in total. The van der Waals surface area contributed by atoms with E-state index in [2.05, 4.69) is 0 Å². The van der Waals surface area contributed by atoms with E-state index in [1.807, 2.05) is 0 Å². The molecule has 0 saturated heterocycles. The van der Waals surface area contributed by atoms with Gasteiger partial charge in [0.15, 0.2) is 5.34 Å². The fourth-order valence-corrected chi connectivity index (χ4v) is 0.635. The average molecular weight is 483 g/mol.